The number of aromatic nitrogens is 4. The molecule has 4 aromatic heterocycles. The fraction of sp³-hybridized carbons (Fsp3) is 0.0750. The molecule has 10 rings (SSSR count). The second kappa shape index (κ2) is 8.84. The molecule has 4 nitrogen and oxygen atoms in total. The van der Waals surface area contributed by atoms with Gasteiger partial charge in [-0.25, -0.2) is 9.97 Å². The van der Waals surface area contributed by atoms with Gasteiger partial charge in [-0.15, -0.1) is 11.3 Å². The lowest BCUT2D eigenvalue weighted by molar-refractivity contribution is 0.664. The van der Waals surface area contributed by atoms with Crippen LogP contribution >= 0.6 is 11.3 Å². The van der Waals surface area contributed by atoms with Crippen molar-refractivity contribution in [2.45, 2.75) is 19.3 Å². The molecule has 45 heavy (non-hydrogen) atoms. The molecule has 1 aliphatic carbocycles. The van der Waals surface area contributed by atoms with Crippen LogP contribution in [0.3, 0.4) is 0 Å². The molecule has 0 amide bonds. The number of benzene rings is 5. The van der Waals surface area contributed by atoms with Crippen LogP contribution in [0.1, 0.15) is 25.0 Å². The van der Waals surface area contributed by atoms with Crippen molar-refractivity contribution < 1.29 is 0 Å². The predicted molar refractivity (Wildman–Crippen MR) is 188 cm³/mol. The number of rotatable bonds is 2. The molecule has 0 saturated carbocycles. The van der Waals surface area contributed by atoms with Crippen LogP contribution in [0.4, 0.5) is 0 Å². The van der Waals surface area contributed by atoms with Crippen molar-refractivity contribution >= 4 is 64.9 Å². The number of pyridine rings is 1. The number of thiophene rings is 1. The maximum absolute atomic E-state index is 5.48. The molecule has 212 valence electrons. The molecule has 1 aliphatic rings. The second-order valence-electron chi connectivity index (χ2n) is 12.5. The average Bonchev–Trinajstić information content (AvgIpc) is 3.70. The molecule has 0 unspecified atom stereocenters. The Morgan fingerprint density at radius 1 is 0.622 bits per heavy atom. The van der Waals surface area contributed by atoms with Crippen molar-refractivity contribution in [1.82, 2.24) is 19.5 Å². The number of nitrogens with zero attached hydrogens (tertiary/aromatic N) is 4. The minimum Gasteiger partial charge on any atom is -0.276 e. The van der Waals surface area contributed by atoms with Crippen molar-refractivity contribution in [2.24, 2.45) is 0 Å². The quantitative estimate of drug-likeness (QED) is 0.187. The topological polar surface area (TPSA) is 43.6 Å². The highest BCUT2D eigenvalue weighted by molar-refractivity contribution is 7.23. The molecule has 0 N–H and O–H groups in total. The van der Waals surface area contributed by atoms with Crippen molar-refractivity contribution in [3.63, 3.8) is 0 Å². The van der Waals surface area contributed by atoms with E-state index >= 15 is 0 Å². The molecule has 0 spiro atoms. The standard InChI is InChI=1S/C40H26N4S/c1-40(2)31-14-8-7-13-28(31)37-32(40)36-38(45-37)30-18-16-24-10-4-6-12-27(24)35(30)44(36)39-42-33(25-19-21-41-22-20-25)29-17-15-23-9-3-5-11-26(23)34(29)43-39/h3-22H,1-2H3. The van der Waals surface area contributed by atoms with Crippen LogP contribution in [0.5, 0.6) is 0 Å². The first-order chi connectivity index (χ1) is 22.1. The number of fused-ring (bicyclic) bond motifs is 12. The van der Waals surface area contributed by atoms with Gasteiger partial charge in [0.1, 0.15) is 0 Å². The van der Waals surface area contributed by atoms with E-state index in [2.05, 4.69) is 120 Å². The summed E-state index contributed by atoms with van der Waals surface area (Å²) in [6, 6.07) is 39.0. The average molecular weight is 595 g/mol. The molecule has 5 heteroatoms. The lowest BCUT2D eigenvalue weighted by atomic mass is 9.82. The minimum atomic E-state index is -0.177. The van der Waals surface area contributed by atoms with E-state index in [9.17, 15) is 0 Å². The van der Waals surface area contributed by atoms with Gasteiger partial charge in [-0.05, 0) is 40.1 Å². The Bertz CT molecular complexity index is 2680. The van der Waals surface area contributed by atoms with Gasteiger partial charge in [-0.3, -0.25) is 9.55 Å². The maximum Gasteiger partial charge on any atom is 0.235 e. The third kappa shape index (κ3) is 3.28. The number of hydrogen-bond acceptors (Lipinski definition) is 4. The van der Waals surface area contributed by atoms with E-state index in [1.807, 2.05) is 35.9 Å². The van der Waals surface area contributed by atoms with Gasteiger partial charge >= 0.3 is 0 Å². The molecule has 0 saturated heterocycles. The Morgan fingerprint density at radius 3 is 2.13 bits per heavy atom. The molecule has 4 heterocycles. The van der Waals surface area contributed by atoms with E-state index in [0.29, 0.717) is 5.95 Å². The summed E-state index contributed by atoms with van der Waals surface area (Å²) in [5.74, 6) is 0.689. The van der Waals surface area contributed by atoms with Crippen LogP contribution < -0.4 is 0 Å². The van der Waals surface area contributed by atoms with Crippen LogP contribution in [-0.4, -0.2) is 19.5 Å². The highest BCUT2D eigenvalue weighted by atomic mass is 32.1. The molecular formula is C40H26N4S. The molecular weight excluding hydrogens is 569 g/mol. The van der Waals surface area contributed by atoms with Crippen molar-refractivity contribution in [3.05, 3.63) is 133 Å². The molecule has 0 aliphatic heterocycles. The summed E-state index contributed by atoms with van der Waals surface area (Å²) in [4.78, 5) is 16.6. The summed E-state index contributed by atoms with van der Waals surface area (Å²) in [5, 5.41) is 6.96. The summed E-state index contributed by atoms with van der Waals surface area (Å²) in [6.07, 6.45) is 3.68. The molecule has 0 atom stereocenters. The Balaban J connectivity index is 1.43. The number of hydrogen-bond donors (Lipinski definition) is 0. The highest BCUT2D eigenvalue weighted by Gasteiger charge is 2.41. The summed E-state index contributed by atoms with van der Waals surface area (Å²) in [5.41, 5.74) is 9.14. The molecule has 0 fully saturated rings. The van der Waals surface area contributed by atoms with E-state index in [4.69, 9.17) is 9.97 Å². The van der Waals surface area contributed by atoms with E-state index in [1.165, 1.54) is 47.9 Å². The minimum absolute atomic E-state index is 0.177. The van der Waals surface area contributed by atoms with Gasteiger partial charge < -0.3 is 0 Å². The first-order valence-electron chi connectivity index (χ1n) is 15.3. The van der Waals surface area contributed by atoms with Gasteiger partial charge in [0.2, 0.25) is 5.95 Å². The molecule has 9 aromatic rings. The van der Waals surface area contributed by atoms with Gasteiger partial charge in [-0.2, -0.15) is 0 Å². The van der Waals surface area contributed by atoms with Gasteiger partial charge in [0, 0.05) is 55.4 Å². The van der Waals surface area contributed by atoms with Gasteiger partial charge in [0.05, 0.1) is 26.9 Å². The third-order valence-electron chi connectivity index (χ3n) is 9.68. The van der Waals surface area contributed by atoms with Crippen LogP contribution in [0.15, 0.2) is 122 Å². The molecule has 0 radical (unpaired) electrons. The normalized spacial score (nSPS) is 13.7. The van der Waals surface area contributed by atoms with E-state index in [1.54, 1.807) is 0 Å². The predicted octanol–water partition coefficient (Wildman–Crippen LogP) is 10.5. The van der Waals surface area contributed by atoms with Crippen LogP contribution in [0.25, 0.3) is 81.2 Å². The van der Waals surface area contributed by atoms with Gasteiger partial charge in [0.25, 0.3) is 0 Å². The van der Waals surface area contributed by atoms with Crippen molar-refractivity contribution in [1.29, 1.82) is 0 Å². The van der Waals surface area contributed by atoms with E-state index in [-0.39, 0.29) is 5.41 Å². The fourth-order valence-electron chi connectivity index (χ4n) is 7.62. The fourth-order valence-corrected chi connectivity index (χ4v) is 9.13. The molecule has 0 bridgehead atoms. The van der Waals surface area contributed by atoms with Crippen LogP contribution in [-0.2, 0) is 5.41 Å². The Morgan fingerprint density at radius 2 is 1.31 bits per heavy atom. The lowest BCUT2D eigenvalue weighted by Crippen LogP contribution is -2.16. The second-order valence-corrected chi connectivity index (χ2v) is 13.5. The third-order valence-corrected chi connectivity index (χ3v) is 10.9. The van der Waals surface area contributed by atoms with Crippen LogP contribution in [0, 0.1) is 0 Å². The zero-order chi connectivity index (χ0) is 29.9. The maximum atomic E-state index is 5.48. The summed E-state index contributed by atoms with van der Waals surface area (Å²) >= 11 is 1.91. The highest BCUT2D eigenvalue weighted by Crippen LogP contribution is 2.57. The van der Waals surface area contributed by atoms with Gasteiger partial charge in [0.15, 0.2) is 0 Å². The van der Waals surface area contributed by atoms with E-state index < -0.39 is 0 Å². The first kappa shape index (κ1) is 25.0. The zero-order valence-corrected chi connectivity index (χ0v) is 25.6. The van der Waals surface area contributed by atoms with Crippen molar-refractivity contribution in [2.75, 3.05) is 0 Å². The molecule has 5 aromatic carbocycles. The van der Waals surface area contributed by atoms with E-state index in [0.717, 1.165) is 38.4 Å². The lowest BCUT2D eigenvalue weighted by Gasteiger charge is -2.22. The Labute approximate surface area is 263 Å². The van der Waals surface area contributed by atoms with Gasteiger partial charge in [-0.1, -0.05) is 105 Å². The Kier molecular flexibility index (Phi) is 4.91. The summed E-state index contributed by atoms with van der Waals surface area (Å²) in [6.45, 7) is 4.72. The SMILES string of the molecule is CC1(C)c2ccccc2-c2sc3c4ccc5ccccc5c4n(-c4nc(-c5ccncc5)c5ccc6ccccc6c5n4)c3c21. The summed E-state index contributed by atoms with van der Waals surface area (Å²) < 4.78 is 3.66. The first-order valence-corrected chi connectivity index (χ1v) is 16.1. The monoisotopic (exact) mass is 594 g/mol. The zero-order valence-electron chi connectivity index (χ0n) is 24.7. The smallest absolute Gasteiger partial charge is 0.235 e. The van der Waals surface area contributed by atoms with Crippen molar-refractivity contribution in [3.8, 4) is 27.6 Å². The van der Waals surface area contributed by atoms with Crippen LogP contribution in [0.2, 0.25) is 0 Å². The Hall–Kier alpha value is -5.39. The largest absolute Gasteiger partial charge is 0.276 e. The summed E-state index contributed by atoms with van der Waals surface area (Å²) in [7, 11) is 0.